The Hall–Kier alpha value is -2.53. The Labute approximate surface area is 186 Å². The third kappa shape index (κ3) is 4.93. The molecule has 0 bridgehead atoms. The van der Waals surface area contributed by atoms with E-state index < -0.39 is 33.5 Å². The lowest BCUT2D eigenvalue weighted by Crippen LogP contribution is -2.62. The van der Waals surface area contributed by atoms with Crippen molar-refractivity contribution >= 4 is 15.9 Å². The topological polar surface area (TPSA) is 116 Å². The van der Waals surface area contributed by atoms with Gasteiger partial charge in [0.2, 0.25) is 10.0 Å². The number of hydrogen-bond donors (Lipinski definition) is 3. The van der Waals surface area contributed by atoms with Crippen molar-refractivity contribution in [2.75, 3.05) is 6.54 Å². The highest BCUT2D eigenvalue weighted by atomic mass is 32.2. The maximum atomic E-state index is 13.3. The number of aryl methyl sites for hydroxylation is 1. The largest absolute Gasteiger partial charge is 0.489 e. The van der Waals surface area contributed by atoms with Crippen LogP contribution in [0.25, 0.3) is 0 Å². The number of hydroxylamine groups is 1. The van der Waals surface area contributed by atoms with Crippen molar-refractivity contribution in [3.05, 3.63) is 59.4 Å². The second-order valence-corrected chi connectivity index (χ2v) is 10.5. The van der Waals surface area contributed by atoms with Crippen LogP contribution in [0.15, 0.2) is 47.4 Å². The van der Waals surface area contributed by atoms with Crippen molar-refractivity contribution in [3.8, 4) is 5.75 Å². The van der Waals surface area contributed by atoms with Crippen molar-refractivity contribution in [2.45, 2.75) is 50.8 Å². The van der Waals surface area contributed by atoms with Gasteiger partial charge in [0.25, 0.3) is 5.91 Å². The van der Waals surface area contributed by atoms with Crippen LogP contribution in [0.3, 0.4) is 0 Å². The van der Waals surface area contributed by atoms with E-state index in [0.717, 1.165) is 15.4 Å². The number of benzene rings is 2. The minimum atomic E-state index is -4.16. The molecule has 1 amide bonds. The predicted octanol–water partition coefficient (Wildman–Crippen LogP) is 2.37. The monoisotopic (exact) mass is 466 g/mol. The fourth-order valence-electron chi connectivity index (χ4n) is 4.10. The summed E-state index contributed by atoms with van der Waals surface area (Å²) in [4.78, 5) is 12.2. The summed E-state index contributed by atoms with van der Waals surface area (Å²) in [6, 6.07) is 8.85. The first-order chi connectivity index (χ1) is 15.0. The average Bonchev–Trinajstić information content (AvgIpc) is 2.71. The van der Waals surface area contributed by atoms with E-state index in [1.807, 2.05) is 0 Å². The van der Waals surface area contributed by atoms with Gasteiger partial charge in [0.15, 0.2) is 0 Å². The van der Waals surface area contributed by atoms with Gasteiger partial charge in [0, 0.05) is 6.54 Å². The van der Waals surface area contributed by atoms with Crippen molar-refractivity contribution < 1.29 is 32.7 Å². The molecule has 2 aromatic carbocycles. The summed E-state index contributed by atoms with van der Waals surface area (Å²) in [6.45, 7) is 5.00. The second kappa shape index (κ2) is 9.14. The number of amides is 1. The van der Waals surface area contributed by atoms with E-state index in [9.17, 15) is 22.7 Å². The molecule has 8 nitrogen and oxygen atoms in total. The molecule has 1 aliphatic heterocycles. The average molecular weight is 467 g/mol. The van der Waals surface area contributed by atoms with Gasteiger partial charge in [-0.15, -0.1) is 0 Å². The van der Waals surface area contributed by atoms with Crippen LogP contribution < -0.4 is 10.2 Å². The normalized spacial score (nSPS) is 21.2. The van der Waals surface area contributed by atoms with Crippen LogP contribution in [0, 0.1) is 18.2 Å². The number of piperidine rings is 1. The lowest BCUT2D eigenvalue weighted by molar-refractivity contribution is -0.140. The maximum absolute atomic E-state index is 13.3. The fourth-order valence-corrected chi connectivity index (χ4v) is 5.87. The molecule has 0 saturated carbocycles. The van der Waals surface area contributed by atoms with Crippen LogP contribution in [-0.2, 0) is 21.4 Å². The van der Waals surface area contributed by atoms with Crippen LogP contribution in [0.1, 0.15) is 31.4 Å². The number of ether oxygens (including phenoxy) is 1. The molecule has 3 N–H and O–H groups in total. The molecule has 10 heteroatoms. The summed E-state index contributed by atoms with van der Waals surface area (Å²) >= 11 is 0. The Morgan fingerprint density at radius 1 is 1.25 bits per heavy atom. The van der Waals surface area contributed by atoms with E-state index in [0.29, 0.717) is 5.75 Å². The van der Waals surface area contributed by atoms with Gasteiger partial charge >= 0.3 is 0 Å². The molecule has 32 heavy (non-hydrogen) atoms. The highest BCUT2D eigenvalue weighted by Gasteiger charge is 2.50. The highest BCUT2D eigenvalue weighted by Crippen LogP contribution is 2.38. The number of nitrogens with one attached hydrogen (secondary N) is 1. The Morgan fingerprint density at radius 3 is 2.50 bits per heavy atom. The molecule has 1 fully saturated rings. The summed E-state index contributed by atoms with van der Waals surface area (Å²) in [5, 5.41) is 19.4. The van der Waals surface area contributed by atoms with Gasteiger partial charge in [0.1, 0.15) is 24.2 Å². The molecule has 0 spiro atoms. The molecule has 174 valence electrons. The minimum absolute atomic E-state index is 0.0801. The summed E-state index contributed by atoms with van der Waals surface area (Å²) < 4.78 is 46.4. The Kier molecular flexibility index (Phi) is 6.89. The van der Waals surface area contributed by atoms with Gasteiger partial charge in [-0.25, -0.2) is 18.3 Å². The van der Waals surface area contributed by atoms with E-state index in [4.69, 9.17) is 9.94 Å². The zero-order chi connectivity index (χ0) is 23.7. The van der Waals surface area contributed by atoms with Crippen molar-refractivity contribution in [2.24, 2.45) is 5.41 Å². The number of carbonyl (C=O) groups excluding carboxylic acids is 1. The Bertz CT molecular complexity index is 1090. The van der Waals surface area contributed by atoms with Crippen LogP contribution in [0.4, 0.5) is 4.39 Å². The smallest absolute Gasteiger partial charge is 0.262 e. The zero-order valence-electron chi connectivity index (χ0n) is 18.1. The second-order valence-electron chi connectivity index (χ2n) is 8.63. The van der Waals surface area contributed by atoms with Crippen molar-refractivity contribution in [1.82, 2.24) is 9.79 Å². The van der Waals surface area contributed by atoms with Gasteiger partial charge in [-0.2, -0.15) is 4.31 Å². The Balaban J connectivity index is 1.82. The molecule has 1 heterocycles. The third-order valence-corrected chi connectivity index (χ3v) is 7.51. The van der Waals surface area contributed by atoms with Crippen LogP contribution >= 0.6 is 0 Å². The van der Waals surface area contributed by atoms with Crippen molar-refractivity contribution in [3.63, 3.8) is 0 Å². The molecule has 2 unspecified atom stereocenters. The van der Waals surface area contributed by atoms with E-state index in [1.54, 1.807) is 26.8 Å². The fraction of sp³-hybridized carbons (Fsp3) is 0.409. The molecule has 1 saturated heterocycles. The molecule has 3 rings (SSSR count). The molecule has 0 radical (unpaired) electrons. The van der Waals surface area contributed by atoms with Gasteiger partial charge < -0.3 is 9.84 Å². The first-order valence-electron chi connectivity index (χ1n) is 10.1. The maximum Gasteiger partial charge on any atom is 0.262 e. The number of carbonyl (C=O) groups is 1. The van der Waals surface area contributed by atoms with Crippen LogP contribution in [0.5, 0.6) is 5.75 Å². The van der Waals surface area contributed by atoms with E-state index in [-0.39, 0.29) is 30.3 Å². The van der Waals surface area contributed by atoms with Crippen molar-refractivity contribution in [1.29, 1.82) is 0 Å². The highest BCUT2D eigenvalue weighted by molar-refractivity contribution is 7.89. The molecular weight excluding hydrogens is 439 g/mol. The molecule has 0 aromatic heterocycles. The quantitative estimate of drug-likeness (QED) is 0.445. The lowest BCUT2D eigenvalue weighted by atomic mass is 9.76. The van der Waals surface area contributed by atoms with Crippen LogP contribution in [0.2, 0.25) is 0 Å². The van der Waals surface area contributed by atoms with Gasteiger partial charge in [-0.1, -0.05) is 19.9 Å². The summed E-state index contributed by atoms with van der Waals surface area (Å²) in [5.74, 6) is -0.781. The van der Waals surface area contributed by atoms with E-state index in [1.165, 1.54) is 41.9 Å². The number of nitrogens with zero attached hydrogens (tertiary/aromatic N) is 1. The first-order valence-corrected chi connectivity index (χ1v) is 11.5. The number of β-amino-alcohol motifs (C(OH)–C–C–N with tert-alkyl or cyclic N) is 1. The minimum Gasteiger partial charge on any atom is -0.489 e. The number of hydrogen-bond acceptors (Lipinski definition) is 6. The zero-order valence-corrected chi connectivity index (χ0v) is 18.9. The third-order valence-electron chi connectivity index (χ3n) is 5.67. The lowest BCUT2D eigenvalue weighted by Gasteiger charge is -2.45. The van der Waals surface area contributed by atoms with E-state index in [2.05, 4.69) is 0 Å². The molecular formula is C22H27FN2O6S. The summed E-state index contributed by atoms with van der Waals surface area (Å²) in [5.41, 5.74) is 2.17. The molecule has 2 atom stereocenters. The Morgan fingerprint density at radius 2 is 1.91 bits per heavy atom. The predicted molar refractivity (Wildman–Crippen MR) is 114 cm³/mol. The van der Waals surface area contributed by atoms with Gasteiger partial charge in [-0.3, -0.25) is 10.0 Å². The number of sulfonamides is 1. The first kappa shape index (κ1) is 24.1. The molecule has 0 aliphatic carbocycles. The number of rotatable bonds is 6. The number of aliphatic hydroxyl groups is 1. The van der Waals surface area contributed by atoms with Gasteiger partial charge in [0.05, 0.1) is 11.0 Å². The van der Waals surface area contributed by atoms with Crippen LogP contribution in [-0.4, -0.2) is 47.6 Å². The summed E-state index contributed by atoms with van der Waals surface area (Å²) in [6.07, 6.45) is -0.753. The molecule has 1 aliphatic rings. The molecule has 2 aromatic rings. The summed E-state index contributed by atoms with van der Waals surface area (Å²) in [7, 11) is -4.16. The van der Waals surface area contributed by atoms with E-state index >= 15 is 0 Å². The number of aliphatic hydroxyl groups excluding tert-OH is 1. The van der Waals surface area contributed by atoms with Gasteiger partial charge in [-0.05, 0) is 66.3 Å². The standard InChI is InChI=1S/C22H27FN2O6S/c1-14-10-16(23)5-4-15(14)13-31-18-6-8-19(9-7-18)32(29,30)25-12-17(26)11-22(2,3)20(25)21(27)24-28/h4-10,17,20,26,28H,11-13H2,1-3H3,(H,24,27). The SMILES string of the molecule is Cc1cc(F)ccc1COc1ccc(S(=O)(=O)N2CC(O)CC(C)(C)C2C(=O)NO)cc1. The number of halogens is 1.